The van der Waals surface area contributed by atoms with Gasteiger partial charge in [-0.15, -0.1) is 11.3 Å². The van der Waals surface area contributed by atoms with Gasteiger partial charge in [-0.05, 0) is 93.5 Å². The summed E-state index contributed by atoms with van der Waals surface area (Å²) in [6, 6.07) is 80.0. The zero-order valence-corrected chi connectivity index (χ0v) is 32.9. The average Bonchev–Trinajstić information content (AvgIpc) is 3.85. The highest BCUT2D eigenvalue weighted by Crippen LogP contribution is 2.44. The van der Waals surface area contributed by atoms with Crippen LogP contribution >= 0.6 is 11.3 Å². The van der Waals surface area contributed by atoms with Crippen LogP contribution in [-0.4, -0.2) is 4.57 Å². The van der Waals surface area contributed by atoms with E-state index < -0.39 is 0 Å². The summed E-state index contributed by atoms with van der Waals surface area (Å²) in [5.74, 6) is 0. The highest BCUT2D eigenvalue weighted by molar-refractivity contribution is 7.25. The van der Waals surface area contributed by atoms with E-state index in [4.69, 9.17) is 0 Å². The molecular formula is C56H36N2S. The van der Waals surface area contributed by atoms with Crippen molar-refractivity contribution in [3.8, 4) is 27.9 Å². The van der Waals surface area contributed by atoms with Gasteiger partial charge in [-0.1, -0.05) is 158 Å². The molecule has 0 aliphatic rings. The van der Waals surface area contributed by atoms with Gasteiger partial charge in [0.15, 0.2) is 0 Å². The van der Waals surface area contributed by atoms with Gasteiger partial charge >= 0.3 is 0 Å². The van der Waals surface area contributed by atoms with E-state index in [0.29, 0.717) is 0 Å². The lowest BCUT2D eigenvalue weighted by molar-refractivity contribution is 1.18. The molecule has 0 fully saturated rings. The lowest BCUT2D eigenvalue weighted by atomic mass is 9.98. The molecule has 2 aromatic heterocycles. The highest BCUT2D eigenvalue weighted by atomic mass is 32.1. The summed E-state index contributed by atoms with van der Waals surface area (Å²) in [5.41, 5.74) is 11.7. The Kier molecular flexibility index (Phi) is 7.75. The summed E-state index contributed by atoms with van der Waals surface area (Å²) in [6.45, 7) is 0. The molecule has 2 nitrogen and oxygen atoms in total. The summed E-state index contributed by atoms with van der Waals surface area (Å²) in [7, 11) is 0. The summed E-state index contributed by atoms with van der Waals surface area (Å²) in [4.78, 5) is 2.43. The number of anilines is 3. The number of fused-ring (bicyclic) bond motifs is 9. The highest BCUT2D eigenvalue weighted by Gasteiger charge is 2.19. The number of benzene rings is 10. The molecule has 3 heteroatoms. The van der Waals surface area contributed by atoms with Crippen molar-refractivity contribution in [1.29, 1.82) is 0 Å². The van der Waals surface area contributed by atoms with Crippen LogP contribution in [0, 0.1) is 0 Å². The Morgan fingerprint density at radius 2 is 0.864 bits per heavy atom. The van der Waals surface area contributed by atoms with Crippen LogP contribution in [-0.2, 0) is 0 Å². The molecule has 0 radical (unpaired) electrons. The standard InChI is InChI=1S/C56H36N2S/c1-2-14-43-40(13-1)35-54(46-17-4-3-16-45(43)46)57(41-30-25-37(26-31-41)39-29-34-50-49-20-8-12-24-55(49)59-56(50)36-39)42-32-27-38(28-33-42)44-15-5-9-21-51(44)58-52-22-10-6-18-47(52)48-19-7-11-23-53(48)58/h1-36H. The summed E-state index contributed by atoms with van der Waals surface area (Å²) >= 11 is 1.87. The van der Waals surface area contributed by atoms with E-state index in [1.54, 1.807) is 0 Å². The number of rotatable bonds is 6. The number of aromatic nitrogens is 1. The van der Waals surface area contributed by atoms with Gasteiger partial charge < -0.3 is 9.47 Å². The topological polar surface area (TPSA) is 8.17 Å². The molecule has 0 aliphatic carbocycles. The van der Waals surface area contributed by atoms with Gasteiger partial charge in [-0.3, -0.25) is 0 Å². The Labute approximate surface area is 346 Å². The van der Waals surface area contributed by atoms with Gasteiger partial charge in [0.05, 0.1) is 22.4 Å². The molecule has 0 unspecified atom stereocenters. The minimum atomic E-state index is 1.10. The number of nitrogens with zero attached hydrogens (tertiary/aromatic N) is 2. The minimum Gasteiger partial charge on any atom is -0.310 e. The smallest absolute Gasteiger partial charge is 0.0546 e. The molecule has 0 atom stereocenters. The Hall–Kier alpha value is -7.46. The Morgan fingerprint density at radius 3 is 1.59 bits per heavy atom. The van der Waals surface area contributed by atoms with E-state index in [9.17, 15) is 0 Å². The van der Waals surface area contributed by atoms with Gasteiger partial charge in [-0.25, -0.2) is 0 Å². The second-order valence-electron chi connectivity index (χ2n) is 15.3. The number of hydrogen-bond donors (Lipinski definition) is 0. The van der Waals surface area contributed by atoms with Crippen LogP contribution in [0.25, 0.3) is 91.5 Å². The van der Waals surface area contributed by atoms with Crippen molar-refractivity contribution < 1.29 is 0 Å². The lowest BCUT2D eigenvalue weighted by Gasteiger charge is -2.28. The average molecular weight is 769 g/mol. The number of hydrogen-bond acceptors (Lipinski definition) is 2. The maximum Gasteiger partial charge on any atom is 0.0546 e. The quantitative estimate of drug-likeness (QED) is 0.153. The summed E-state index contributed by atoms with van der Waals surface area (Å²) < 4.78 is 5.06. The molecule has 0 saturated heterocycles. The second-order valence-corrected chi connectivity index (χ2v) is 16.4. The van der Waals surface area contributed by atoms with E-state index in [1.807, 2.05) is 11.3 Å². The molecule has 276 valence electrons. The van der Waals surface area contributed by atoms with E-state index >= 15 is 0 Å². The zero-order valence-electron chi connectivity index (χ0n) is 32.1. The van der Waals surface area contributed by atoms with Gasteiger partial charge in [0.1, 0.15) is 0 Å². The SMILES string of the molecule is c1ccc(-n2c3ccccc3c3ccccc32)c(-c2ccc(N(c3ccc(-c4ccc5c(c4)sc4ccccc45)cc3)c3cc4ccccc4c4ccccc34)cc2)c1. The van der Waals surface area contributed by atoms with Gasteiger partial charge in [-0.2, -0.15) is 0 Å². The first kappa shape index (κ1) is 33.7. The van der Waals surface area contributed by atoms with Crippen molar-refractivity contribution in [2.75, 3.05) is 4.90 Å². The Morgan fingerprint density at radius 1 is 0.339 bits per heavy atom. The van der Waals surface area contributed by atoms with Crippen molar-refractivity contribution in [1.82, 2.24) is 4.57 Å². The Balaban J connectivity index is 0.997. The lowest BCUT2D eigenvalue weighted by Crippen LogP contribution is -2.10. The minimum absolute atomic E-state index is 1.10. The van der Waals surface area contributed by atoms with E-state index in [1.165, 1.54) is 91.5 Å². The van der Waals surface area contributed by atoms with Crippen LogP contribution in [0.4, 0.5) is 17.1 Å². The third kappa shape index (κ3) is 5.47. The molecule has 0 spiro atoms. The monoisotopic (exact) mass is 768 g/mol. The fourth-order valence-electron chi connectivity index (χ4n) is 9.24. The van der Waals surface area contributed by atoms with Crippen LogP contribution in [0.5, 0.6) is 0 Å². The van der Waals surface area contributed by atoms with Crippen molar-refractivity contribution >= 4 is 91.9 Å². The van der Waals surface area contributed by atoms with E-state index in [0.717, 1.165) is 17.1 Å². The van der Waals surface area contributed by atoms with Crippen molar-refractivity contribution in [3.63, 3.8) is 0 Å². The first-order chi connectivity index (χ1) is 29.3. The molecule has 0 amide bonds. The molecule has 2 heterocycles. The molecule has 10 aromatic carbocycles. The molecule has 0 saturated carbocycles. The van der Waals surface area contributed by atoms with Crippen LogP contribution < -0.4 is 4.90 Å². The summed E-state index contributed by atoms with van der Waals surface area (Å²) in [5, 5.41) is 10.1. The molecule has 0 aliphatic heterocycles. The molecule has 12 aromatic rings. The van der Waals surface area contributed by atoms with E-state index in [2.05, 4.69) is 228 Å². The number of thiophene rings is 1. The molecule has 59 heavy (non-hydrogen) atoms. The van der Waals surface area contributed by atoms with Crippen LogP contribution in [0.1, 0.15) is 0 Å². The first-order valence-corrected chi connectivity index (χ1v) is 21.0. The normalized spacial score (nSPS) is 11.7. The van der Waals surface area contributed by atoms with Gasteiger partial charge in [0.25, 0.3) is 0 Å². The fourth-order valence-corrected chi connectivity index (χ4v) is 10.4. The van der Waals surface area contributed by atoms with Crippen LogP contribution in [0.3, 0.4) is 0 Å². The third-order valence-electron chi connectivity index (χ3n) is 12.0. The summed E-state index contributed by atoms with van der Waals surface area (Å²) in [6.07, 6.45) is 0. The predicted molar refractivity (Wildman–Crippen MR) is 254 cm³/mol. The number of para-hydroxylation sites is 3. The molecule has 0 N–H and O–H groups in total. The fraction of sp³-hybridized carbons (Fsp3) is 0. The van der Waals surface area contributed by atoms with Crippen molar-refractivity contribution in [2.24, 2.45) is 0 Å². The molecule has 0 bridgehead atoms. The third-order valence-corrected chi connectivity index (χ3v) is 13.1. The molecular weight excluding hydrogens is 733 g/mol. The van der Waals surface area contributed by atoms with Crippen LogP contribution in [0.2, 0.25) is 0 Å². The van der Waals surface area contributed by atoms with Gasteiger partial charge in [0, 0.05) is 53.3 Å². The maximum atomic E-state index is 2.43. The Bertz CT molecular complexity index is 3500. The molecule has 12 rings (SSSR count). The van der Waals surface area contributed by atoms with Gasteiger partial charge in [0.2, 0.25) is 0 Å². The zero-order chi connectivity index (χ0) is 38.9. The maximum absolute atomic E-state index is 2.43. The van der Waals surface area contributed by atoms with Crippen molar-refractivity contribution in [2.45, 2.75) is 0 Å². The van der Waals surface area contributed by atoms with E-state index in [-0.39, 0.29) is 0 Å². The first-order valence-electron chi connectivity index (χ1n) is 20.2. The van der Waals surface area contributed by atoms with Crippen LogP contribution in [0.15, 0.2) is 218 Å². The van der Waals surface area contributed by atoms with Crippen molar-refractivity contribution in [3.05, 3.63) is 218 Å². The predicted octanol–water partition coefficient (Wildman–Crippen LogP) is 16.3. The second kappa shape index (κ2) is 13.6. The largest absolute Gasteiger partial charge is 0.310 e.